The summed E-state index contributed by atoms with van der Waals surface area (Å²) in [4.78, 5) is 20.4. The number of carbonyl (C=O) groups excluding carboxylic acids is 1. The molecule has 0 bridgehead atoms. The molecule has 0 saturated heterocycles. The van der Waals surface area contributed by atoms with E-state index in [2.05, 4.69) is 80.4 Å². The average molecular weight is 488 g/mol. The number of nitrogens with zero attached hydrogens (tertiary/aromatic N) is 4. The standard InChI is InChI=1S/C28H33N5OS/c1-17-7-8-18(2)20(13-17)16-35-27-30-26-29-22-14-28(3,4)15-23(34)24(22)25(33(26)31-27)19-9-11-21(12-10-19)32(5)6/h7-13,25H,14-16H2,1-6H3,(H,29,30,31). The largest absolute Gasteiger partial charge is 0.378 e. The Labute approximate surface area is 211 Å². The summed E-state index contributed by atoms with van der Waals surface area (Å²) in [6.45, 7) is 8.57. The Bertz CT molecular complexity index is 1320. The van der Waals surface area contributed by atoms with Gasteiger partial charge in [-0.1, -0.05) is 61.5 Å². The van der Waals surface area contributed by atoms with Crippen molar-refractivity contribution in [2.45, 2.75) is 57.5 Å². The molecule has 0 radical (unpaired) electrons. The number of ketones is 1. The predicted molar refractivity (Wildman–Crippen MR) is 143 cm³/mol. The number of nitrogens with one attached hydrogen (secondary N) is 1. The highest BCUT2D eigenvalue weighted by Crippen LogP contribution is 2.45. The molecule has 6 nitrogen and oxygen atoms in total. The minimum Gasteiger partial charge on any atom is -0.378 e. The molecule has 0 spiro atoms. The number of rotatable bonds is 5. The molecule has 182 valence electrons. The molecule has 1 atom stereocenters. The second-order valence-corrected chi connectivity index (χ2v) is 11.7. The highest BCUT2D eigenvalue weighted by atomic mass is 32.2. The number of thioether (sulfide) groups is 1. The lowest BCUT2D eigenvalue weighted by molar-refractivity contribution is -0.118. The molecule has 35 heavy (non-hydrogen) atoms. The van der Waals surface area contributed by atoms with E-state index in [-0.39, 0.29) is 17.2 Å². The van der Waals surface area contributed by atoms with Crippen LogP contribution in [0.3, 0.4) is 0 Å². The third-order valence-corrected chi connectivity index (χ3v) is 7.79. The van der Waals surface area contributed by atoms with Gasteiger partial charge in [-0.15, -0.1) is 5.10 Å². The minimum atomic E-state index is -0.274. The number of allylic oxidation sites excluding steroid dienone is 2. The van der Waals surface area contributed by atoms with Gasteiger partial charge < -0.3 is 10.2 Å². The van der Waals surface area contributed by atoms with Crippen LogP contribution in [0.5, 0.6) is 0 Å². The number of aryl methyl sites for hydroxylation is 2. The van der Waals surface area contributed by atoms with Crippen LogP contribution >= 0.6 is 11.8 Å². The fourth-order valence-electron chi connectivity index (χ4n) is 5.01. The van der Waals surface area contributed by atoms with E-state index in [4.69, 9.17) is 10.1 Å². The van der Waals surface area contributed by atoms with Gasteiger partial charge in [0.25, 0.3) is 0 Å². The van der Waals surface area contributed by atoms with E-state index in [1.165, 1.54) is 16.7 Å². The number of hydrogen-bond donors (Lipinski definition) is 1. The molecule has 2 aromatic carbocycles. The van der Waals surface area contributed by atoms with Crippen LogP contribution in [0.4, 0.5) is 11.6 Å². The molecule has 1 aromatic heterocycles. The first-order valence-corrected chi connectivity index (χ1v) is 13.1. The minimum absolute atomic E-state index is 0.0787. The van der Waals surface area contributed by atoms with Gasteiger partial charge in [0.15, 0.2) is 5.78 Å². The molecule has 0 fully saturated rings. The SMILES string of the molecule is Cc1ccc(C)c(CSc2nc3n(n2)C(c2ccc(N(C)C)cc2)C2=C(CC(C)(C)CC2=O)N3)c1. The molecule has 1 N–H and O–H groups in total. The van der Waals surface area contributed by atoms with Crippen LogP contribution in [0.25, 0.3) is 0 Å². The van der Waals surface area contributed by atoms with Gasteiger partial charge in [-0.2, -0.15) is 4.98 Å². The first kappa shape index (κ1) is 23.7. The number of hydrogen-bond acceptors (Lipinski definition) is 6. The fraction of sp³-hybridized carbons (Fsp3) is 0.393. The Kier molecular flexibility index (Phi) is 5.99. The summed E-state index contributed by atoms with van der Waals surface area (Å²) in [5.41, 5.74) is 7.72. The Morgan fingerprint density at radius 3 is 2.57 bits per heavy atom. The predicted octanol–water partition coefficient (Wildman–Crippen LogP) is 5.91. The number of aromatic nitrogens is 3. The first-order chi connectivity index (χ1) is 16.6. The molecule has 0 saturated carbocycles. The van der Waals surface area contributed by atoms with E-state index < -0.39 is 0 Å². The molecular formula is C28H33N5OS. The summed E-state index contributed by atoms with van der Waals surface area (Å²) in [6.07, 6.45) is 1.36. The van der Waals surface area contributed by atoms with Crippen LogP contribution in [0.2, 0.25) is 0 Å². The number of Topliss-reactive ketones (excluding diaryl/α,β-unsaturated/α-hetero) is 1. The van der Waals surface area contributed by atoms with Crippen LogP contribution in [0.15, 0.2) is 58.9 Å². The van der Waals surface area contributed by atoms with E-state index in [0.717, 1.165) is 39.9 Å². The number of fused-ring (bicyclic) bond motifs is 1. The number of benzene rings is 2. The smallest absolute Gasteiger partial charge is 0.227 e. The van der Waals surface area contributed by atoms with Crippen molar-refractivity contribution in [1.29, 1.82) is 0 Å². The van der Waals surface area contributed by atoms with E-state index in [9.17, 15) is 4.79 Å². The zero-order valence-corrected chi connectivity index (χ0v) is 22.2. The second kappa shape index (κ2) is 8.86. The topological polar surface area (TPSA) is 63.1 Å². The van der Waals surface area contributed by atoms with E-state index in [1.807, 2.05) is 18.8 Å². The van der Waals surface area contributed by atoms with Crippen LogP contribution in [0.1, 0.15) is 55.0 Å². The maximum Gasteiger partial charge on any atom is 0.227 e. The lowest BCUT2D eigenvalue weighted by Crippen LogP contribution is -2.36. The normalized spacial score (nSPS) is 18.7. The summed E-state index contributed by atoms with van der Waals surface area (Å²) in [5, 5.41) is 9.10. The van der Waals surface area contributed by atoms with Crippen LogP contribution in [-0.2, 0) is 10.5 Å². The third-order valence-electron chi connectivity index (χ3n) is 6.90. The summed E-state index contributed by atoms with van der Waals surface area (Å²) >= 11 is 1.63. The van der Waals surface area contributed by atoms with Gasteiger partial charge >= 0.3 is 0 Å². The highest BCUT2D eigenvalue weighted by molar-refractivity contribution is 7.98. The Morgan fingerprint density at radius 1 is 1.11 bits per heavy atom. The second-order valence-electron chi connectivity index (χ2n) is 10.7. The molecule has 1 unspecified atom stereocenters. The number of carbonyl (C=O) groups is 1. The summed E-state index contributed by atoms with van der Waals surface area (Å²) in [7, 11) is 4.06. The lowest BCUT2D eigenvalue weighted by atomic mass is 9.73. The van der Waals surface area contributed by atoms with Gasteiger partial charge in [0.05, 0.1) is 0 Å². The highest BCUT2D eigenvalue weighted by Gasteiger charge is 2.41. The molecule has 0 amide bonds. The van der Waals surface area contributed by atoms with Gasteiger partial charge in [-0.05, 0) is 54.5 Å². The van der Waals surface area contributed by atoms with Crippen molar-refractivity contribution < 1.29 is 4.79 Å². The zero-order valence-electron chi connectivity index (χ0n) is 21.3. The van der Waals surface area contributed by atoms with Crippen molar-refractivity contribution in [3.8, 4) is 0 Å². The van der Waals surface area contributed by atoms with Crippen molar-refractivity contribution in [3.63, 3.8) is 0 Å². The van der Waals surface area contributed by atoms with E-state index in [1.54, 1.807) is 11.8 Å². The van der Waals surface area contributed by atoms with Crippen molar-refractivity contribution in [1.82, 2.24) is 14.8 Å². The van der Waals surface area contributed by atoms with Gasteiger partial charge in [0.1, 0.15) is 6.04 Å². The van der Waals surface area contributed by atoms with Gasteiger partial charge in [0.2, 0.25) is 11.1 Å². The first-order valence-electron chi connectivity index (χ1n) is 12.1. The number of anilines is 2. The Morgan fingerprint density at radius 2 is 1.86 bits per heavy atom. The van der Waals surface area contributed by atoms with Crippen molar-refractivity contribution in [3.05, 3.63) is 76.0 Å². The van der Waals surface area contributed by atoms with Crippen LogP contribution in [0, 0.1) is 19.3 Å². The van der Waals surface area contributed by atoms with Crippen molar-refractivity contribution in [2.75, 3.05) is 24.3 Å². The van der Waals surface area contributed by atoms with E-state index >= 15 is 0 Å². The maximum atomic E-state index is 13.4. The Balaban J connectivity index is 1.52. The van der Waals surface area contributed by atoms with Crippen molar-refractivity contribution in [2.24, 2.45) is 5.41 Å². The van der Waals surface area contributed by atoms with Crippen LogP contribution < -0.4 is 10.2 Å². The molecule has 3 aromatic rings. The lowest BCUT2D eigenvalue weighted by Gasteiger charge is -2.38. The van der Waals surface area contributed by atoms with Crippen LogP contribution in [-0.4, -0.2) is 34.6 Å². The molecule has 1 aliphatic heterocycles. The monoisotopic (exact) mass is 487 g/mol. The molecule has 7 heteroatoms. The van der Waals surface area contributed by atoms with Gasteiger partial charge in [-0.25, -0.2) is 4.68 Å². The maximum absolute atomic E-state index is 13.4. The van der Waals surface area contributed by atoms with Gasteiger partial charge in [-0.3, -0.25) is 4.79 Å². The van der Waals surface area contributed by atoms with Gasteiger partial charge in [0, 0.05) is 43.2 Å². The molecule has 5 rings (SSSR count). The third kappa shape index (κ3) is 4.61. The Hall–Kier alpha value is -3.06. The molecule has 2 heterocycles. The summed E-state index contributed by atoms with van der Waals surface area (Å²) < 4.78 is 1.91. The van der Waals surface area contributed by atoms with Crippen molar-refractivity contribution >= 4 is 29.2 Å². The summed E-state index contributed by atoms with van der Waals surface area (Å²) in [6, 6.07) is 14.7. The average Bonchev–Trinajstić information content (AvgIpc) is 3.20. The quantitative estimate of drug-likeness (QED) is 0.451. The molecular weight excluding hydrogens is 454 g/mol. The molecule has 2 aliphatic rings. The fourth-order valence-corrected chi connectivity index (χ4v) is 5.90. The zero-order chi connectivity index (χ0) is 24.9. The van der Waals surface area contributed by atoms with E-state index in [0.29, 0.717) is 12.4 Å². The summed E-state index contributed by atoms with van der Waals surface area (Å²) in [5.74, 6) is 1.70. The molecule has 1 aliphatic carbocycles.